The second-order valence-electron chi connectivity index (χ2n) is 8.96. The minimum Gasteiger partial charge on any atom is -0.356 e. The highest BCUT2D eigenvalue weighted by molar-refractivity contribution is 14.0. The Bertz CT molecular complexity index is 638. The van der Waals surface area contributed by atoms with Gasteiger partial charge in [-0.3, -0.25) is 9.89 Å². The van der Waals surface area contributed by atoms with Crippen LogP contribution in [0.1, 0.15) is 37.7 Å². The molecule has 2 saturated heterocycles. The van der Waals surface area contributed by atoms with Crippen LogP contribution in [0.25, 0.3) is 0 Å². The molecule has 0 radical (unpaired) electrons. The van der Waals surface area contributed by atoms with Crippen molar-refractivity contribution in [3.63, 3.8) is 0 Å². The number of piperazine rings is 1. The maximum Gasteiger partial charge on any atom is 0.193 e. The van der Waals surface area contributed by atoms with Crippen LogP contribution in [0.3, 0.4) is 0 Å². The number of rotatable bonds is 6. The van der Waals surface area contributed by atoms with Crippen LogP contribution in [0.2, 0.25) is 0 Å². The van der Waals surface area contributed by atoms with E-state index in [2.05, 4.69) is 55.3 Å². The van der Waals surface area contributed by atoms with Crippen LogP contribution in [0, 0.1) is 5.41 Å². The number of nitrogens with one attached hydrogen (secondary N) is 1. The number of hydrogen-bond donors (Lipinski definition) is 1. The molecular weight excluding hydrogens is 473 g/mol. The van der Waals surface area contributed by atoms with E-state index in [1.165, 1.54) is 83.5 Å². The molecule has 0 unspecified atom stereocenters. The summed E-state index contributed by atoms with van der Waals surface area (Å²) >= 11 is 0. The quantitative estimate of drug-likeness (QED) is 0.275. The fourth-order valence-corrected chi connectivity index (χ4v) is 5.05. The first kappa shape index (κ1) is 22.8. The number of nitrogens with zero attached hydrogens (tertiary/aromatic N) is 4. The molecule has 3 aliphatic rings. The first-order valence-electron chi connectivity index (χ1n) is 11.2. The van der Waals surface area contributed by atoms with Gasteiger partial charge in [0.15, 0.2) is 5.96 Å². The second-order valence-corrected chi connectivity index (χ2v) is 8.96. The Hall–Kier alpha value is -0.860. The van der Waals surface area contributed by atoms with Gasteiger partial charge in [-0.05, 0) is 43.2 Å². The first-order valence-corrected chi connectivity index (χ1v) is 11.2. The molecular formula is C23H38IN5. The van der Waals surface area contributed by atoms with Gasteiger partial charge in [-0.1, -0.05) is 36.8 Å². The van der Waals surface area contributed by atoms with Crippen molar-refractivity contribution in [1.29, 1.82) is 0 Å². The van der Waals surface area contributed by atoms with Gasteiger partial charge < -0.3 is 15.1 Å². The van der Waals surface area contributed by atoms with Gasteiger partial charge in [0.05, 0.1) is 0 Å². The van der Waals surface area contributed by atoms with Crippen LogP contribution in [0.5, 0.6) is 0 Å². The Balaban J connectivity index is 0.00000240. The predicted octanol–water partition coefficient (Wildman–Crippen LogP) is 3.26. The van der Waals surface area contributed by atoms with Crippen molar-refractivity contribution in [2.45, 2.75) is 38.6 Å². The average Bonchev–Trinajstić information content (AvgIpc) is 3.16. The Morgan fingerprint density at radius 1 is 1.00 bits per heavy atom. The lowest BCUT2D eigenvalue weighted by Crippen LogP contribution is -2.47. The maximum atomic E-state index is 4.54. The van der Waals surface area contributed by atoms with Gasteiger partial charge >= 0.3 is 0 Å². The SMILES string of the molecule is CN=C(NCCCN1CCN(Cc2ccccc2)CC1)N1CCC2(CCC2)C1.I. The zero-order valence-corrected chi connectivity index (χ0v) is 20.3. The molecule has 3 fully saturated rings. The predicted molar refractivity (Wildman–Crippen MR) is 132 cm³/mol. The number of likely N-dealkylation sites (tertiary alicyclic amines) is 1. The molecule has 1 saturated carbocycles. The van der Waals surface area contributed by atoms with Gasteiger partial charge in [0.1, 0.15) is 0 Å². The summed E-state index contributed by atoms with van der Waals surface area (Å²) in [5.74, 6) is 1.12. The standard InChI is InChI=1S/C23H37N5.HI/c1-24-22(28-14-11-23(20-28)9-5-10-23)25-12-6-13-26-15-17-27(18-16-26)19-21-7-3-2-4-8-21;/h2-4,7-8H,5-6,9-20H2,1H3,(H,24,25);1H. The van der Waals surface area contributed by atoms with Crippen LogP contribution in [-0.2, 0) is 6.54 Å². The molecule has 0 atom stereocenters. The van der Waals surface area contributed by atoms with E-state index in [9.17, 15) is 0 Å². The van der Waals surface area contributed by atoms with E-state index in [1.807, 2.05) is 7.05 Å². The lowest BCUT2D eigenvalue weighted by Gasteiger charge is -2.38. The highest BCUT2D eigenvalue weighted by Gasteiger charge is 2.43. The fourth-order valence-electron chi connectivity index (χ4n) is 5.05. The second kappa shape index (κ2) is 11.0. The number of halogens is 1. The first-order chi connectivity index (χ1) is 13.8. The van der Waals surface area contributed by atoms with Crippen LogP contribution in [0.4, 0.5) is 0 Å². The van der Waals surface area contributed by atoms with E-state index in [0.717, 1.165) is 19.0 Å². The molecule has 29 heavy (non-hydrogen) atoms. The summed E-state index contributed by atoms with van der Waals surface area (Å²) in [6.45, 7) is 10.4. The number of benzene rings is 1. The van der Waals surface area contributed by atoms with Crippen LogP contribution in [-0.4, -0.2) is 80.1 Å². The van der Waals surface area contributed by atoms with E-state index in [-0.39, 0.29) is 24.0 Å². The van der Waals surface area contributed by atoms with Gasteiger partial charge in [0.25, 0.3) is 0 Å². The lowest BCUT2D eigenvalue weighted by atomic mass is 9.68. The van der Waals surface area contributed by atoms with Crippen LogP contribution >= 0.6 is 24.0 Å². The van der Waals surface area contributed by atoms with Crippen molar-refractivity contribution in [2.75, 3.05) is 59.4 Å². The zero-order chi connectivity index (χ0) is 19.2. The zero-order valence-electron chi connectivity index (χ0n) is 18.0. The molecule has 0 bridgehead atoms. The molecule has 2 aliphatic heterocycles. The summed E-state index contributed by atoms with van der Waals surface area (Å²) in [4.78, 5) is 12.2. The summed E-state index contributed by atoms with van der Waals surface area (Å²) in [6.07, 6.45) is 6.84. The molecule has 1 aromatic rings. The third kappa shape index (κ3) is 6.07. The number of aliphatic imine (C=N–C) groups is 1. The lowest BCUT2D eigenvalue weighted by molar-refractivity contribution is 0.126. The van der Waals surface area contributed by atoms with Crippen molar-refractivity contribution in [1.82, 2.24) is 20.0 Å². The van der Waals surface area contributed by atoms with Gasteiger partial charge in [0, 0.05) is 59.4 Å². The van der Waals surface area contributed by atoms with Gasteiger partial charge in [-0.2, -0.15) is 0 Å². The summed E-state index contributed by atoms with van der Waals surface area (Å²) in [5, 5.41) is 3.62. The topological polar surface area (TPSA) is 34.1 Å². The van der Waals surface area contributed by atoms with Gasteiger partial charge in [-0.25, -0.2) is 0 Å². The highest BCUT2D eigenvalue weighted by atomic mass is 127. The molecule has 0 aromatic heterocycles. The third-order valence-electron chi connectivity index (χ3n) is 7.01. The fraction of sp³-hybridized carbons (Fsp3) is 0.696. The molecule has 1 aliphatic carbocycles. The van der Waals surface area contributed by atoms with Crippen molar-refractivity contribution in [3.8, 4) is 0 Å². The van der Waals surface area contributed by atoms with Crippen molar-refractivity contribution in [2.24, 2.45) is 10.4 Å². The summed E-state index contributed by atoms with van der Waals surface area (Å²) in [5.41, 5.74) is 2.06. The van der Waals surface area contributed by atoms with Gasteiger partial charge in [-0.15, -0.1) is 24.0 Å². The van der Waals surface area contributed by atoms with Crippen LogP contribution in [0.15, 0.2) is 35.3 Å². The molecule has 4 rings (SSSR count). The Kier molecular flexibility index (Phi) is 8.62. The van der Waals surface area contributed by atoms with E-state index in [1.54, 1.807) is 0 Å². The smallest absolute Gasteiger partial charge is 0.193 e. The van der Waals surface area contributed by atoms with Crippen LogP contribution < -0.4 is 5.32 Å². The highest BCUT2D eigenvalue weighted by Crippen LogP contribution is 2.47. The van der Waals surface area contributed by atoms with Crippen molar-refractivity contribution in [3.05, 3.63) is 35.9 Å². The average molecular weight is 511 g/mol. The number of guanidine groups is 1. The molecule has 162 valence electrons. The molecule has 0 amide bonds. The van der Waals surface area contributed by atoms with E-state index in [0.29, 0.717) is 5.41 Å². The molecule has 1 spiro atoms. The molecule has 6 heteroatoms. The largest absolute Gasteiger partial charge is 0.356 e. The Morgan fingerprint density at radius 3 is 2.34 bits per heavy atom. The molecule has 2 heterocycles. The summed E-state index contributed by atoms with van der Waals surface area (Å²) in [6, 6.07) is 10.8. The molecule has 1 aromatic carbocycles. The van der Waals surface area contributed by atoms with E-state index >= 15 is 0 Å². The van der Waals surface area contributed by atoms with E-state index in [4.69, 9.17) is 0 Å². The molecule has 5 nitrogen and oxygen atoms in total. The van der Waals surface area contributed by atoms with Crippen molar-refractivity contribution < 1.29 is 0 Å². The minimum atomic E-state index is 0. The Morgan fingerprint density at radius 2 is 1.72 bits per heavy atom. The Labute approximate surface area is 193 Å². The van der Waals surface area contributed by atoms with E-state index < -0.39 is 0 Å². The molecule has 1 N–H and O–H groups in total. The minimum absolute atomic E-state index is 0. The maximum absolute atomic E-state index is 4.54. The van der Waals surface area contributed by atoms with Crippen molar-refractivity contribution >= 4 is 29.9 Å². The monoisotopic (exact) mass is 511 g/mol. The summed E-state index contributed by atoms with van der Waals surface area (Å²) in [7, 11) is 1.93. The normalized spacial score (nSPS) is 22.4. The van der Waals surface area contributed by atoms with Gasteiger partial charge in [0.2, 0.25) is 0 Å². The number of hydrogen-bond acceptors (Lipinski definition) is 3. The summed E-state index contributed by atoms with van der Waals surface area (Å²) < 4.78 is 0. The third-order valence-corrected chi connectivity index (χ3v) is 7.01.